The quantitative estimate of drug-likeness (QED) is 0.770. The topological polar surface area (TPSA) is 34.1 Å². The maximum atomic E-state index is 13.3. The average molecular weight is 326 g/mol. The molecule has 0 radical (unpaired) electrons. The first-order valence-corrected chi connectivity index (χ1v) is 10.7. The molecule has 23 heavy (non-hydrogen) atoms. The van der Waals surface area contributed by atoms with Crippen LogP contribution in [0.2, 0.25) is 0 Å². The van der Waals surface area contributed by atoms with Crippen LogP contribution in [0.1, 0.15) is 38.5 Å². The second-order valence-corrected chi connectivity index (χ2v) is 10.7. The van der Waals surface area contributed by atoms with Crippen LogP contribution in [0.5, 0.6) is 0 Å². The fourth-order valence-corrected chi connectivity index (χ4v) is 9.08. The molecule has 1 aromatic carbocycles. The molecule has 0 amide bonds. The molecule has 0 aliphatic heterocycles. The smallest absolute Gasteiger partial charge is 0.181 e. The van der Waals surface area contributed by atoms with E-state index in [1.54, 1.807) is 23.3 Å². The Hall–Kier alpha value is -1.09. The predicted molar refractivity (Wildman–Crippen MR) is 88.5 cm³/mol. The van der Waals surface area contributed by atoms with E-state index in [9.17, 15) is 8.42 Å². The fourth-order valence-electron chi connectivity index (χ4n) is 6.97. The minimum Gasteiger partial charge on any atom is -0.223 e. The minimum atomic E-state index is -3.19. The molecule has 5 atom stereocenters. The molecule has 5 aliphatic rings. The van der Waals surface area contributed by atoms with E-state index in [0.717, 1.165) is 18.3 Å². The third-order valence-electron chi connectivity index (χ3n) is 7.81. The van der Waals surface area contributed by atoms with Gasteiger partial charge < -0.3 is 0 Å². The lowest BCUT2D eigenvalue weighted by Gasteiger charge is -2.30. The van der Waals surface area contributed by atoms with Gasteiger partial charge in [0.1, 0.15) is 0 Å². The van der Waals surface area contributed by atoms with Gasteiger partial charge in [-0.05, 0) is 73.8 Å². The molecule has 4 bridgehead atoms. The summed E-state index contributed by atoms with van der Waals surface area (Å²) < 4.78 is 26.6. The first-order chi connectivity index (χ1) is 11.1. The third-order valence-corrected chi connectivity index (χ3v) is 10.00. The standard InChI is InChI=1S/C20H22O2S/c21-23(22,14-4-2-1-3-5-14)16-11-15-17-12-6-7-13(10-12)18(17)19(16)20(15)8-9-20/h1-5,12-13,15-16,19H,6-11H2/t12-,13-,15-,16+,19-/m0/s1. The fraction of sp³-hybridized carbons (Fsp3) is 0.600. The van der Waals surface area contributed by atoms with Crippen LogP contribution < -0.4 is 0 Å². The first-order valence-electron chi connectivity index (χ1n) is 9.16. The van der Waals surface area contributed by atoms with E-state index in [0.29, 0.717) is 22.1 Å². The molecule has 0 saturated heterocycles. The Morgan fingerprint density at radius 1 is 0.913 bits per heavy atom. The number of benzene rings is 1. The van der Waals surface area contributed by atoms with Crippen molar-refractivity contribution in [2.24, 2.45) is 29.1 Å². The van der Waals surface area contributed by atoms with Gasteiger partial charge in [-0.15, -0.1) is 0 Å². The molecule has 120 valence electrons. The zero-order valence-corrected chi connectivity index (χ0v) is 14.1. The van der Waals surface area contributed by atoms with Crippen molar-refractivity contribution in [3.63, 3.8) is 0 Å². The second-order valence-electron chi connectivity index (χ2n) is 8.51. The van der Waals surface area contributed by atoms with Crippen molar-refractivity contribution < 1.29 is 8.42 Å². The van der Waals surface area contributed by atoms with E-state index < -0.39 is 9.84 Å². The number of allylic oxidation sites excluding steroid dienone is 2. The van der Waals surface area contributed by atoms with Crippen LogP contribution >= 0.6 is 0 Å². The van der Waals surface area contributed by atoms with Gasteiger partial charge in [0.15, 0.2) is 9.84 Å². The predicted octanol–water partition coefficient (Wildman–Crippen LogP) is 3.99. The zero-order chi connectivity index (χ0) is 15.4. The molecule has 1 spiro atoms. The van der Waals surface area contributed by atoms with E-state index in [2.05, 4.69) is 0 Å². The van der Waals surface area contributed by atoms with Crippen molar-refractivity contribution in [2.75, 3.05) is 0 Å². The van der Waals surface area contributed by atoms with E-state index in [1.165, 1.54) is 32.1 Å². The highest BCUT2D eigenvalue weighted by molar-refractivity contribution is 7.92. The summed E-state index contributed by atoms with van der Waals surface area (Å²) in [6.45, 7) is 0. The molecular weight excluding hydrogens is 304 g/mol. The third kappa shape index (κ3) is 1.41. The maximum Gasteiger partial charge on any atom is 0.181 e. The Bertz CT molecular complexity index is 832. The van der Waals surface area contributed by atoms with Gasteiger partial charge in [0.25, 0.3) is 0 Å². The van der Waals surface area contributed by atoms with Crippen LogP contribution in [-0.4, -0.2) is 13.7 Å². The largest absolute Gasteiger partial charge is 0.223 e. The molecule has 6 rings (SSSR count). The summed E-state index contributed by atoms with van der Waals surface area (Å²) in [5.41, 5.74) is 3.79. The molecule has 0 heterocycles. The first kappa shape index (κ1) is 13.2. The highest BCUT2D eigenvalue weighted by Gasteiger charge is 2.72. The molecule has 1 aromatic rings. The van der Waals surface area contributed by atoms with Gasteiger partial charge in [0.2, 0.25) is 0 Å². The number of sulfone groups is 1. The Morgan fingerprint density at radius 2 is 1.61 bits per heavy atom. The number of fused-ring (bicyclic) bond motifs is 6. The van der Waals surface area contributed by atoms with Gasteiger partial charge in [-0.2, -0.15) is 0 Å². The minimum absolute atomic E-state index is 0.143. The van der Waals surface area contributed by atoms with Crippen molar-refractivity contribution in [3.8, 4) is 0 Å². The summed E-state index contributed by atoms with van der Waals surface area (Å²) in [7, 11) is -3.19. The van der Waals surface area contributed by atoms with Gasteiger partial charge in [0, 0.05) is 5.92 Å². The van der Waals surface area contributed by atoms with Crippen LogP contribution in [0, 0.1) is 29.1 Å². The van der Waals surface area contributed by atoms with Crippen LogP contribution in [0.25, 0.3) is 0 Å². The molecule has 3 saturated carbocycles. The summed E-state index contributed by atoms with van der Waals surface area (Å²) in [4.78, 5) is 0.540. The van der Waals surface area contributed by atoms with Crippen LogP contribution in [0.15, 0.2) is 46.4 Å². The second kappa shape index (κ2) is 3.93. The van der Waals surface area contributed by atoms with Crippen molar-refractivity contribution in [3.05, 3.63) is 41.5 Å². The lowest BCUT2D eigenvalue weighted by molar-refractivity contribution is 0.355. The van der Waals surface area contributed by atoms with Crippen molar-refractivity contribution in [1.29, 1.82) is 0 Å². The van der Waals surface area contributed by atoms with Crippen LogP contribution in [0.4, 0.5) is 0 Å². The van der Waals surface area contributed by atoms with Crippen molar-refractivity contribution >= 4 is 9.84 Å². The summed E-state index contributed by atoms with van der Waals surface area (Å²) >= 11 is 0. The van der Waals surface area contributed by atoms with Crippen molar-refractivity contribution in [2.45, 2.75) is 48.7 Å². The van der Waals surface area contributed by atoms with Gasteiger partial charge in [0.05, 0.1) is 10.1 Å². The highest BCUT2D eigenvalue weighted by Crippen LogP contribution is 2.78. The molecular formula is C20H22O2S. The Labute approximate surface area is 137 Å². The Kier molecular flexibility index (Phi) is 2.26. The van der Waals surface area contributed by atoms with Gasteiger partial charge in [-0.1, -0.05) is 29.3 Å². The molecule has 3 fully saturated rings. The number of rotatable bonds is 2. The average Bonchev–Trinajstić information content (AvgIpc) is 2.87. The van der Waals surface area contributed by atoms with E-state index >= 15 is 0 Å². The number of hydrogen-bond acceptors (Lipinski definition) is 2. The molecule has 0 aromatic heterocycles. The lowest BCUT2D eigenvalue weighted by Crippen LogP contribution is -2.32. The lowest BCUT2D eigenvalue weighted by atomic mass is 9.82. The van der Waals surface area contributed by atoms with Gasteiger partial charge in [-0.25, -0.2) is 8.42 Å². The van der Waals surface area contributed by atoms with Crippen LogP contribution in [0.3, 0.4) is 0 Å². The summed E-state index contributed by atoms with van der Waals surface area (Å²) in [5, 5.41) is -0.143. The monoisotopic (exact) mass is 326 g/mol. The molecule has 5 aliphatic carbocycles. The Balaban J connectivity index is 1.49. The normalized spacial score (nSPS) is 41.8. The van der Waals surface area contributed by atoms with E-state index in [1.807, 2.05) is 18.2 Å². The summed E-state index contributed by atoms with van der Waals surface area (Å²) in [6.07, 6.45) is 7.49. The Morgan fingerprint density at radius 3 is 2.30 bits per heavy atom. The van der Waals surface area contributed by atoms with Crippen molar-refractivity contribution in [1.82, 2.24) is 0 Å². The molecule has 2 nitrogen and oxygen atoms in total. The number of hydrogen-bond donors (Lipinski definition) is 0. The molecule has 0 unspecified atom stereocenters. The van der Waals surface area contributed by atoms with Gasteiger partial charge >= 0.3 is 0 Å². The highest BCUT2D eigenvalue weighted by atomic mass is 32.2. The SMILES string of the molecule is O=S(=O)(c1ccccc1)[C@@H]1C[C@H]2C3=C([C@H]4CC[C@H]3C4)[C@H]1C21CC1. The van der Waals surface area contributed by atoms with E-state index in [-0.39, 0.29) is 5.25 Å². The molecule has 3 heteroatoms. The zero-order valence-electron chi connectivity index (χ0n) is 13.2. The summed E-state index contributed by atoms with van der Waals surface area (Å²) in [5.74, 6) is 2.53. The summed E-state index contributed by atoms with van der Waals surface area (Å²) in [6, 6.07) is 9.19. The molecule has 0 N–H and O–H groups in total. The maximum absolute atomic E-state index is 13.3. The van der Waals surface area contributed by atoms with Crippen LogP contribution in [-0.2, 0) is 9.84 Å². The van der Waals surface area contributed by atoms with E-state index in [4.69, 9.17) is 0 Å². The van der Waals surface area contributed by atoms with Gasteiger partial charge in [-0.3, -0.25) is 0 Å².